The number of rotatable bonds is 8. The highest BCUT2D eigenvalue weighted by Gasteiger charge is 2.26. The van der Waals surface area contributed by atoms with E-state index in [1.165, 1.54) is 31.6 Å². The average molecular weight is 458 g/mol. The molecule has 180 valence electrons. The molecular weight excluding hydrogens is 421 g/mol. The molecule has 2 aromatic rings. The lowest BCUT2D eigenvalue weighted by molar-refractivity contribution is -0.126. The number of benzene rings is 1. The first-order valence-electron chi connectivity index (χ1n) is 12.3. The van der Waals surface area contributed by atoms with E-state index in [2.05, 4.69) is 39.1 Å². The molecule has 1 aromatic carbocycles. The maximum Gasteiger partial charge on any atom is 0.241 e. The Morgan fingerprint density at radius 1 is 1.12 bits per heavy atom. The van der Waals surface area contributed by atoms with Gasteiger partial charge >= 0.3 is 0 Å². The highest BCUT2D eigenvalue weighted by Crippen LogP contribution is 2.22. The average Bonchev–Trinajstić information content (AvgIpc) is 3.25. The molecule has 8 heteroatoms. The van der Waals surface area contributed by atoms with Gasteiger partial charge in [0.05, 0.1) is 6.54 Å². The van der Waals surface area contributed by atoms with Gasteiger partial charge in [0.1, 0.15) is 5.82 Å². The number of likely N-dealkylation sites (tertiary alicyclic amines) is 2. The third-order valence-electron chi connectivity index (χ3n) is 6.78. The minimum absolute atomic E-state index is 0.0775. The number of hydrogen-bond acceptors (Lipinski definition) is 6. The van der Waals surface area contributed by atoms with Gasteiger partial charge in [0.15, 0.2) is 0 Å². The fraction of sp³-hybridized carbons (Fsp3) is 0.640. The van der Waals surface area contributed by atoms with Crippen molar-refractivity contribution in [3.05, 3.63) is 36.0 Å². The summed E-state index contributed by atoms with van der Waals surface area (Å²) < 4.78 is 18.5. The monoisotopic (exact) mass is 457 g/mol. The molecule has 2 unspecified atom stereocenters. The number of halogens is 1. The van der Waals surface area contributed by atoms with Crippen LogP contribution in [0.1, 0.15) is 45.4 Å². The van der Waals surface area contributed by atoms with E-state index in [-0.39, 0.29) is 17.6 Å². The Morgan fingerprint density at radius 2 is 1.82 bits per heavy atom. The van der Waals surface area contributed by atoms with Crippen LogP contribution in [0.4, 0.5) is 4.39 Å². The molecule has 0 bridgehead atoms. The van der Waals surface area contributed by atoms with E-state index < -0.39 is 0 Å². The van der Waals surface area contributed by atoms with Crippen LogP contribution in [-0.2, 0) is 11.3 Å². The lowest BCUT2D eigenvalue weighted by Crippen LogP contribution is -2.42. The van der Waals surface area contributed by atoms with E-state index in [1.54, 1.807) is 12.1 Å². The second-order valence-electron chi connectivity index (χ2n) is 9.92. The lowest BCUT2D eigenvalue weighted by atomic mass is 9.92. The van der Waals surface area contributed by atoms with Crippen LogP contribution in [0.15, 0.2) is 28.8 Å². The van der Waals surface area contributed by atoms with Gasteiger partial charge in [0.2, 0.25) is 17.6 Å². The summed E-state index contributed by atoms with van der Waals surface area (Å²) >= 11 is 0. The molecule has 2 aliphatic heterocycles. The number of amides is 1. The van der Waals surface area contributed by atoms with Crippen molar-refractivity contribution in [1.29, 1.82) is 0 Å². The first-order valence-corrected chi connectivity index (χ1v) is 12.3. The van der Waals surface area contributed by atoms with Crippen molar-refractivity contribution >= 4 is 5.91 Å². The summed E-state index contributed by atoms with van der Waals surface area (Å²) in [6, 6.07) is 6.05. The van der Waals surface area contributed by atoms with E-state index in [1.807, 2.05) is 0 Å². The van der Waals surface area contributed by atoms with Crippen LogP contribution < -0.4 is 5.32 Å². The minimum atomic E-state index is -0.291. The quantitative estimate of drug-likeness (QED) is 0.611. The van der Waals surface area contributed by atoms with Crippen LogP contribution in [0, 0.1) is 23.6 Å². The van der Waals surface area contributed by atoms with Gasteiger partial charge in [-0.3, -0.25) is 9.69 Å². The molecule has 0 aliphatic carbocycles. The van der Waals surface area contributed by atoms with Crippen LogP contribution in [-0.4, -0.2) is 65.1 Å². The molecule has 4 rings (SSSR count). The van der Waals surface area contributed by atoms with Crippen LogP contribution >= 0.6 is 0 Å². The van der Waals surface area contributed by atoms with Gasteiger partial charge in [-0.15, -0.1) is 0 Å². The first kappa shape index (κ1) is 23.8. The number of piperidine rings is 2. The van der Waals surface area contributed by atoms with Crippen LogP contribution in [0.2, 0.25) is 0 Å². The predicted molar refractivity (Wildman–Crippen MR) is 125 cm³/mol. The SMILES string of the molecule is CC1CC(C)CN(CCCNC(=O)C2CCN(Cc3nc(-c4ccc(F)cc4)no3)CC2)C1. The molecule has 2 aliphatic rings. The zero-order valence-electron chi connectivity index (χ0n) is 19.8. The summed E-state index contributed by atoms with van der Waals surface area (Å²) in [4.78, 5) is 21.8. The highest BCUT2D eigenvalue weighted by molar-refractivity contribution is 5.78. The van der Waals surface area contributed by atoms with Gasteiger partial charge in [-0.25, -0.2) is 4.39 Å². The summed E-state index contributed by atoms with van der Waals surface area (Å²) in [5.41, 5.74) is 0.728. The largest absolute Gasteiger partial charge is 0.356 e. The van der Waals surface area contributed by atoms with E-state index >= 15 is 0 Å². The Bertz CT molecular complexity index is 884. The Labute approximate surface area is 195 Å². The number of nitrogens with zero attached hydrogens (tertiary/aromatic N) is 4. The molecule has 2 saturated heterocycles. The second-order valence-corrected chi connectivity index (χ2v) is 9.92. The van der Waals surface area contributed by atoms with Gasteiger partial charge in [0.25, 0.3) is 0 Å². The van der Waals surface area contributed by atoms with Gasteiger partial charge in [-0.2, -0.15) is 4.98 Å². The Hall–Kier alpha value is -2.32. The van der Waals surface area contributed by atoms with Gasteiger partial charge < -0.3 is 14.7 Å². The van der Waals surface area contributed by atoms with Crippen molar-refractivity contribution in [1.82, 2.24) is 25.3 Å². The highest BCUT2D eigenvalue weighted by atomic mass is 19.1. The molecule has 0 radical (unpaired) electrons. The van der Waals surface area contributed by atoms with E-state index in [9.17, 15) is 9.18 Å². The van der Waals surface area contributed by atoms with Crippen molar-refractivity contribution < 1.29 is 13.7 Å². The number of aromatic nitrogens is 2. The molecule has 2 atom stereocenters. The standard InChI is InChI=1S/C25H36FN5O2/c1-18-14-19(2)16-31(15-18)11-3-10-27-25(32)21-8-12-30(13-9-21)17-23-28-24(29-33-23)20-4-6-22(26)7-5-20/h4-7,18-19,21H,3,8-17H2,1-2H3,(H,27,32). The number of nitrogens with one attached hydrogen (secondary N) is 1. The maximum absolute atomic E-state index is 13.1. The summed E-state index contributed by atoms with van der Waals surface area (Å²) in [5, 5.41) is 7.16. The number of carbonyl (C=O) groups is 1. The summed E-state index contributed by atoms with van der Waals surface area (Å²) in [6.07, 6.45) is 4.02. The maximum atomic E-state index is 13.1. The van der Waals surface area contributed by atoms with Crippen molar-refractivity contribution in [2.75, 3.05) is 39.3 Å². The Kier molecular flexibility index (Phi) is 8.09. The Balaban J connectivity index is 1.14. The molecule has 0 spiro atoms. The van der Waals surface area contributed by atoms with Crippen molar-refractivity contribution in [2.45, 2.75) is 46.1 Å². The summed E-state index contributed by atoms with van der Waals surface area (Å²) in [7, 11) is 0. The lowest BCUT2D eigenvalue weighted by Gasteiger charge is -2.35. The second kappa shape index (κ2) is 11.2. The number of hydrogen-bond donors (Lipinski definition) is 1. The molecule has 33 heavy (non-hydrogen) atoms. The smallest absolute Gasteiger partial charge is 0.241 e. The van der Waals surface area contributed by atoms with E-state index in [0.29, 0.717) is 18.3 Å². The zero-order valence-corrected chi connectivity index (χ0v) is 19.8. The van der Waals surface area contributed by atoms with Crippen molar-refractivity contribution in [3.63, 3.8) is 0 Å². The fourth-order valence-electron chi connectivity index (χ4n) is 5.21. The first-order chi connectivity index (χ1) is 16.0. The summed E-state index contributed by atoms with van der Waals surface area (Å²) in [5.74, 6) is 2.53. The molecule has 2 fully saturated rings. The molecule has 3 heterocycles. The van der Waals surface area contributed by atoms with Crippen LogP contribution in [0.5, 0.6) is 0 Å². The van der Waals surface area contributed by atoms with Crippen LogP contribution in [0.3, 0.4) is 0 Å². The van der Waals surface area contributed by atoms with Crippen molar-refractivity contribution in [2.24, 2.45) is 17.8 Å². The van der Waals surface area contributed by atoms with Gasteiger partial charge in [-0.1, -0.05) is 19.0 Å². The fourth-order valence-corrected chi connectivity index (χ4v) is 5.21. The normalized spacial score (nSPS) is 23.0. The van der Waals surface area contributed by atoms with Crippen LogP contribution in [0.25, 0.3) is 11.4 Å². The van der Waals surface area contributed by atoms with Crippen molar-refractivity contribution in [3.8, 4) is 11.4 Å². The molecular formula is C25H36FN5O2. The zero-order chi connectivity index (χ0) is 23.2. The molecule has 7 nitrogen and oxygen atoms in total. The van der Waals surface area contributed by atoms with E-state index in [4.69, 9.17) is 4.52 Å². The molecule has 1 amide bonds. The molecule has 1 N–H and O–H groups in total. The minimum Gasteiger partial charge on any atom is -0.356 e. The van der Waals surface area contributed by atoms with E-state index in [0.717, 1.165) is 62.8 Å². The Morgan fingerprint density at radius 3 is 2.52 bits per heavy atom. The topological polar surface area (TPSA) is 74.5 Å². The van der Waals surface area contributed by atoms with Gasteiger partial charge in [-0.05, 0) is 81.4 Å². The third-order valence-corrected chi connectivity index (χ3v) is 6.78. The molecule has 1 aromatic heterocycles. The summed E-state index contributed by atoms with van der Waals surface area (Å²) in [6.45, 7) is 11.1. The number of carbonyl (C=O) groups excluding carboxylic acids is 1. The van der Waals surface area contributed by atoms with Gasteiger partial charge in [0, 0.05) is 31.1 Å². The molecule has 0 saturated carbocycles. The third kappa shape index (κ3) is 6.84. The predicted octanol–water partition coefficient (Wildman–Crippen LogP) is 3.57.